The highest BCUT2D eigenvalue weighted by molar-refractivity contribution is 5.97. The zero-order valence-corrected chi connectivity index (χ0v) is 12.1. The van der Waals surface area contributed by atoms with Gasteiger partial charge in [-0.2, -0.15) is 0 Å². The van der Waals surface area contributed by atoms with E-state index in [2.05, 4.69) is 5.32 Å². The number of rotatable bonds is 5. The van der Waals surface area contributed by atoms with Crippen molar-refractivity contribution >= 4 is 11.8 Å². The molecule has 1 N–H and O–H groups in total. The van der Waals surface area contributed by atoms with Crippen molar-refractivity contribution in [1.82, 2.24) is 10.2 Å². The number of hydrogen-bond donors (Lipinski definition) is 1. The van der Waals surface area contributed by atoms with Crippen molar-refractivity contribution in [2.75, 3.05) is 13.2 Å². The van der Waals surface area contributed by atoms with Gasteiger partial charge in [0, 0.05) is 0 Å². The minimum absolute atomic E-state index is 0.0110. The molecule has 2 aliphatic rings. The van der Waals surface area contributed by atoms with E-state index in [1.165, 1.54) is 0 Å². The Morgan fingerprint density at radius 2 is 1.95 bits per heavy atom. The zero-order chi connectivity index (χ0) is 14.8. The van der Waals surface area contributed by atoms with Crippen LogP contribution >= 0.6 is 0 Å². The Morgan fingerprint density at radius 1 is 1.24 bits per heavy atom. The molecule has 1 heterocycles. The van der Waals surface area contributed by atoms with Gasteiger partial charge in [-0.15, -0.1) is 0 Å². The van der Waals surface area contributed by atoms with E-state index in [0.29, 0.717) is 19.1 Å². The monoisotopic (exact) mass is 288 g/mol. The van der Waals surface area contributed by atoms with Gasteiger partial charge >= 0.3 is 0 Å². The molecule has 112 valence electrons. The fraction of sp³-hybridized carbons (Fsp3) is 0.500. The van der Waals surface area contributed by atoms with Gasteiger partial charge in [0.1, 0.15) is 24.4 Å². The van der Waals surface area contributed by atoms with E-state index in [1.807, 2.05) is 30.3 Å². The van der Waals surface area contributed by atoms with Crippen molar-refractivity contribution in [3.63, 3.8) is 0 Å². The summed E-state index contributed by atoms with van der Waals surface area (Å²) in [6, 6.07) is 8.75. The average molecular weight is 288 g/mol. The minimum atomic E-state index is -0.441. The summed E-state index contributed by atoms with van der Waals surface area (Å²) in [5.74, 6) is 1.06. The van der Waals surface area contributed by atoms with Crippen molar-refractivity contribution in [2.45, 2.75) is 31.8 Å². The van der Waals surface area contributed by atoms with E-state index in [-0.39, 0.29) is 17.9 Å². The first-order valence-corrected chi connectivity index (χ1v) is 7.45. The van der Waals surface area contributed by atoms with E-state index in [9.17, 15) is 9.59 Å². The van der Waals surface area contributed by atoms with Gasteiger partial charge in [0.2, 0.25) is 11.8 Å². The summed E-state index contributed by atoms with van der Waals surface area (Å²) in [5, 5.41) is 2.77. The number of nitrogens with one attached hydrogen (secondary N) is 1. The Morgan fingerprint density at radius 3 is 2.62 bits per heavy atom. The third-order valence-corrected chi connectivity index (χ3v) is 4.03. The van der Waals surface area contributed by atoms with Crippen LogP contribution in [0.4, 0.5) is 0 Å². The standard InChI is InChI=1S/C16H20N2O3/c1-11-16(20)18(14(12-7-8-12)15(19)17-11)9-10-21-13-5-3-2-4-6-13/h2-6,11-12,14H,7-10H2,1H3,(H,17,19). The van der Waals surface area contributed by atoms with Crippen LogP contribution in [0, 0.1) is 5.92 Å². The highest BCUT2D eigenvalue weighted by atomic mass is 16.5. The van der Waals surface area contributed by atoms with Crippen molar-refractivity contribution in [1.29, 1.82) is 0 Å². The van der Waals surface area contributed by atoms with Gasteiger partial charge in [-0.3, -0.25) is 9.59 Å². The van der Waals surface area contributed by atoms with E-state index in [1.54, 1.807) is 11.8 Å². The highest BCUT2D eigenvalue weighted by Crippen LogP contribution is 2.36. The highest BCUT2D eigenvalue weighted by Gasteiger charge is 2.46. The predicted molar refractivity (Wildman–Crippen MR) is 77.8 cm³/mol. The molecule has 0 radical (unpaired) electrons. The van der Waals surface area contributed by atoms with Crippen LogP contribution < -0.4 is 10.1 Å². The van der Waals surface area contributed by atoms with Crippen LogP contribution in [0.3, 0.4) is 0 Å². The van der Waals surface area contributed by atoms with Crippen LogP contribution in [0.1, 0.15) is 19.8 Å². The number of benzene rings is 1. The van der Waals surface area contributed by atoms with E-state index >= 15 is 0 Å². The minimum Gasteiger partial charge on any atom is -0.492 e. The lowest BCUT2D eigenvalue weighted by molar-refractivity contribution is -0.150. The molecule has 1 aliphatic heterocycles. The summed E-state index contributed by atoms with van der Waals surface area (Å²) in [6.45, 7) is 2.58. The van der Waals surface area contributed by atoms with Crippen LogP contribution in [0.5, 0.6) is 5.75 Å². The summed E-state index contributed by atoms with van der Waals surface area (Å²) in [5.41, 5.74) is 0. The molecular formula is C16H20N2O3. The van der Waals surface area contributed by atoms with Crippen molar-refractivity contribution in [2.24, 2.45) is 5.92 Å². The summed E-state index contributed by atoms with van der Waals surface area (Å²) in [4.78, 5) is 26.1. The Hall–Kier alpha value is -2.04. The molecular weight excluding hydrogens is 268 g/mol. The number of para-hydroxylation sites is 1. The van der Waals surface area contributed by atoms with Crippen molar-refractivity contribution < 1.29 is 14.3 Å². The first kappa shape index (κ1) is 13.9. The second kappa shape index (κ2) is 5.76. The maximum atomic E-state index is 12.3. The first-order valence-electron chi connectivity index (χ1n) is 7.45. The maximum Gasteiger partial charge on any atom is 0.245 e. The van der Waals surface area contributed by atoms with Crippen LogP contribution in [-0.4, -0.2) is 41.9 Å². The van der Waals surface area contributed by atoms with Crippen molar-refractivity contribution in [3.8, 4) is 5.75 Å². The smallest absolute Gasteiger partial charge is 0.245 e. The number of piperazine rings is 1. The largest absolute Gasteiger partial charge is 0.492 e. The topological polar surface area (TPSA) is 58.6 Å². The second-order valence-electron chi connectivity index (χ2n) is 5.71. The van der Waals surface area contributed by atoms with Gasteiger partial charge in [0.05, 0.1) is 6.54 Å². The van der Waals surface area contributed by atoms with Crippen LogP contribution in [0.25, 0.3) is 0 Å². The average Bonchev–Trinajstić information content (AvgIpc) is 3.30. The molecule has 0 bridgehead atoms. The molecule has 2 amide bonds. The molecule has 1 aromatic rings. The lowest BCUT2D eigenvalue weighted by Gasteiger charge is -2.38. The second-order valence-corrected chi connectivity index (χ2v) is 5.71. The van der Waals surface area contributed by atoms with Gasteiger partial charge in [-0.1, -0.05) is 18.2 Å². The van der Waals surface area contributed by atoms with Crippen LogP contribution in [0.15, 0.2) is 30.3 Å². The van der Waals surface area contributed by atoms with E-state index in [4.69, 9.17) is 4.74 Å². The van der Waals surface area contributed by atoms with Gasteiger partial charge in [0.25, 0.3) is 0 Å². The van der Waals surface area contributed by atoms with E-state index in [0.717, 1.165) is 18.6 Å². The van der Waals surface area contributed by atoms with Gasteiger partial charge in [-0.05, 0) is 37.8 Å². The van der Waals surface area contributed by atoms with Gasteiger partial charge in [0.15, 0.2) is 0 Å². The lowest BCUT2D eigenvalue weighted by atomic mass is 10.0. The summed E-state index contributed by atoms with van der Waals surface area (Å²) < 4.78 is 5.65. The van der Waals surface area contributed by atoms with Crippen molar-refractivity contribution in [3.05, 3.63) is 30.3 Å². The zero-order valence-electron chi connectivity index (χ0n) is 12.1. The molecule has 3 rings (SSSR count). The molecule has 5 heteroatoms. The Labute approximate surface area is 124 Å². The molecule has 1 saturated heterocycles. The Bertz CT molecular complexity index is 528. The quantitative estimate of drug-likeness (QED) is 0.885. The fourth-order valence-corrected chi connectivity index (χ4v) is 2.80. The summed E-state index contributed by atoms with van der Waals surface area (Å²) in [7, 11) is 0. The number of carbonyl (C=O) groups is 2. The first-order chi connectivity index (χ1) is 10.2. The Balaban J connectivity index is 1.63. The number of nitrogens with zero attached hydrogens (tertiary/aromatic N) is 1. The normalized spacial score (nSPS) is 25.7. The number of amides is 2. The Kier molecular flexibility index (Phi) is 3.82. The van der Waals surface area contributed by atoms with Crippen LogP contribution in [-0.2, 0) is 9.59 Å². The molecule has 5 nitrogen and oxygen atoms in total. The third-order valence-electron chi connectivity index (χ3n) is 4.03. The molecule has 0 spiro atoms. The summed E-state index contributed by atoms with van der Waals surface area (Å²) >= 11 is 0. The molecule has 2 unspecified atom stereocenters. The number of ether oxygens (including phenoxy) is 1. The third kappa shape index (κ3) is 3.01. The predicted octanol–water partition coefficient (Wildman–Crippen LogP) is 1.19. The molecule has 1 aliphatic carbocycles. The maximum absolute atomic E-state index is 12.3. The molecule has 21 heavy (non-hydrogen) atoms. The van der Waals surface area contributed by atoms with Gasteiger partial charge in [-0.25, -0.2) is 0 Å². The molecule has 2 atom stereocenters. The van der Waals surface area contributed by atoms with E-state index < -0.39 is 6.04 Å². The number of hydrogen-bond acceptors (Lipinski definition) is 3. The molecule has 0 aromatic heterocycles. The van der Waals surface area contributed by atoms with Crippen LogP contribution in [0.2, 0.25) is 0 Å². The molecule has 1 aromatic carbocycles. The van der Waals surface area contributed by atoms with Gasteiger partial charge < -0.3 is 15.0 Å². The fourth-order valence-electron chi connectivity index (χ4n) is 2.80. The lowest BCUT2D eigenvalue weighted by Crippen LogP contribution is -2.63. The number of carbonyl (C=O) groups excluding carboxylic acids is 2. The SMILES string of the molecule is CC1NC(=O)C(C2CC2)N(CCOc2ccccc2)C1=O. The molecule has 1 saturated carbocycles. The molecule has 2 fully saturated rings. The summed E-state index contributed by atoms with van der Waals surface area (Å²) in [6.07, 6.45) is 2.05.